The average molecular weight is 319 g/mol. The number of amides is 1. The number of nitrogens with zero attached hydrogens (tertiary/aromatic N) is 1. The van der Waals surface area contributed by atoms with Crippen molar-refractivity contribution in [1.29, 1.82) is 0 Å². The van der Waals surface area contributed by atoms with Crippen molar-refractivity contribution in [3.63, 3.8) is 0 Å². The van der Waals surface area contributed by atoms with Gasteiger partial charge < -0.3 is 16.2 Å². The summed E-state index contributed by atoms with van der Waals surface area (Å²) in [5.41, 5.74) is 9.04. The fourth-order valence-corrected chi connectivity index (χ4v) is 2.56. The maximum Gasteiger partial charge on any atom is 0.326 e. The van der Waals surface area contributed by atoms with E-state index in [1.54, 1.807) is 10.9 Å². The molecule has 1 amide bonds. The number of hydrogen-bond acceptors (Lipinski definition) is 5. The first kappa shape index (κ1) is 16.1. The molecule has 0 saturated heterocycles. The van der Waals surface area contributed by atoms with E-state index in [2.05, 4.69) is 10.3 Å². The van der Waals surface area contributed by atoms with Gasteiger partial charge >= 0.3 is 5.97 Å². The van der Waals surface area contributed by atoms with Crippen LogP contribution in [0.2, 0.25) is 0 Å². The first-order valence-electron chi connectivity index (χ1n) is 6.76. The Morgan fingerprint density at radius 2 is 2.00 bits per heavy atom. The minimum Gasteiger partial charge on any atom is -0.480 e. The molecule has 0 radical (unpaired) electrons. The minimum absolute atomic E-state index is 0.141. The van der Waals surface area contributed by atoms with Gasteiger partial charge in [0.05, 0.1) is 17.2 Å². The number of thiazole rings is 1. The Labute approximate surface area is 132 Å². The van der Waals surface area contributed by atoms with Gasteiger partial charge in [-0.2, -0.15) is 0 Å². The quantitative estimate of drug-likeness (QED) is 0.701. The van der Waals surface area contributed by atoms with E-state index in [0.717, 1.165) is 5.56 Å². The lowest BCUT2D eigenvalue weighted by Crippen LogP contribution is -2.50. The largest absolute Gasteiger partial charge is 0.480 e. The zero-order valence-corrected chi connectivity index (χ0v) is 12.6. The van der Waals surface area contributed by atoms with Crippen LogP contribution in [0.4, 0.5) is 0 Å². The highest BCUT2D eigenvalue weighted by atomic mass is 32.1. The molecule has 2 rings (SSSR count). The highest BCUT2D eigenvalue weighted by Crippen LogP contribution is 2.06. The van der Waals surface area contributed by atoms with Gasteiger partial charge in [-0.05, 0) is 12.0 Å². The third kappa shape index (κ3) is 4.64. The molecule has 116 valence electrons. The molecule has 0 aliphatic carbocycles. The number of rotatable bonds is 7. The number of hydrogen-bond donors (Lipinski definition) is 3. The molecular formula is C15H17N3O3S. The molecule has 0 aliphatic rings. The van der Waals surface area contributed by atoms with Crippen LogP contribution in [-0.2, 0) is 22.4 Å². The van der Waals surface area contributed by atoms with E-state index < -0.39 is 24.0 Å². The van der Waals surface area contributed by atoms with Gasteiger partial charge in [0.15, 0.2) is 0 Å². The fourth-order valence-electron chi connectivity index (χ4n) is 1.99. The minimum atomic E-state index is -1.10. The lowest BCUT2D eigenvalue weighted by Gasteiger charge is -2.17. The van der Waals surface area contributed by atoms with Gasteiger partial charge in [-0.3, -0.25) is 4.79 Å². The predicted octanol–water partition coefficient (Wildman–Crippen LogP) is 0.825. The van der Waals surface area contributed by atoms with Crippen LogP contribution >= 0.6 is 11.3 Å². The van der Waals surface area contributed by atoms with E-state index in [0.29, 0.717) is 12.1 Å². The van der Waals surface area contributed by atoms with Crippen LogP contribution in [0.15, 0.2) is 41.2 Å². The summed E-state index contributed by atoms with van der Waals surface area (Å²) in [6.45, 7) is 0. The summed E-state index contributed by atoms with van der Waals surface area (Å²) in [7, 11) is 0. The van der Waals surface area contributed by atoms with Crippen LogP contribution in [-0.4, -0.2) is 34.1 Å². The van der Waals surface area contributed by atoms with Crippen molar-refractivity contribution in [1.82, 2.24) is 10.3 Å². The SMILES string of the molecule is N[C@@H](Cc1ccccc1)C(=O)NC(Cc1cscn1)C(=O)O. The average Bonchev–Trinajstić information content (AvgIpc) is 3.00. The molecule has 1 unspecified atom stereocenters. The Morgan fingerprint density at radius 3 is 2.59 bits per heavy atom. The summed E-state index contributed by atoms with van der Waals surface area (Å²) in [5.74, 6) is -1.58. The van der Waals surface area contributed by atoms with Crippen LogP contribution < -0.4 is 11.1 Å². The van der Waals surface area contributed by atoms with E-state index >= 15 is 0 Å². The van der Waals surface area contributed by atoms with Gasteiger partial charge in [0.2, 0.25) is 5.91 Å². The summed E-state index contributed by atoms with van der Waals surface area (Å²) in [6.07, 6.45) is 0.498. The number of carboxylic acid groups (broad SMARTS) is 1. The molecule has 6 nitrogen and oxygen atoms in total. The van der Waals surface area contributed by atoms with Crippen molar-refractivity contribution in [3.05, 3.63) is 52.5 Å². The topological polar surface area (TPSA) is 105 Å². The molecule has 0 aliphatic heterocycles. The molecule has 1 aromatic heterocycles. The molecule has 7 heteroatoms. The van der Waals surface area contributed by atoms with Crippen LogP contribution in [0.3, 0.4) is 0 Å². The molecule has 2 atom stereocenters. The van der Waals surface area contributed by atoms with E-state index in [1.165, 1.54) is 11.3 Å². The fraction of sp³-hybridized carbons (Fsp3) is 0.267. The van der Waals surface area contributed by atoms with Gasteiger partial charge in [-0.25, -0.2) is 9.78 Å². The number of carboxylic acids is 1. The monoisotopic (exact) mass is 319 g/mol. The first-order chi connectivity index (χ1) is 10.6. The van der Waals surface area contributed by atoms with Gasteiger partial charge in [0.1, 0.15) is 6.04 Å². The van der Waals surface area contributed by atoms with E-state index in [4.69, 9.17) is 5.73 Å². The Hall–Kier alpha value is -2.25. The number of aliphatic carboxylic acids is 1. The summed E-state index contributed by atoms with van der Waals surface area (Å²) in [6, 6.07) is 7.53. The lowest BCUT2D eigenvalue weighted by atomic mass is 10.1. The highest BCUT2D eigenvalue weighted by molar-refractivity contribution is 7.07. The second-order valence-corrected chi connectivity index (χ2v) is 5.60. The predicted molar refractivity (Wildman–Crippen MR) is 83.5 cm³/mol. The van der Waals surface area contributed by atoms with Gasteiger partial charge in [0.25, 0.3) is 0 Å². The van der Waals surface area contributed by atoms with Gasteiger partial charge in [-0.1, -0.05) is 30.3 Å². The smallest absolute Gasteiger partial charge is 0.326 e. The third-order valence-electron chi connectivity index (χ3n) is 3.15. The lowest BCUT2D eigenvalue weighted by molar-refractivity contribution is -0.142. The van der Waals surface area contributed by atoms with Gasteiger partial charge in [-0.15, -0.1) is 11.3 Å². The zero-order chi connectivity index (χ0) is 15.9. The Kier molecular flexibility index (Phi) is 5.62. The second-order valence-electron chi connectivity index (χ2n) is 4.88. The number of aromatic nitrogens is 1. The normalized spacial score (nSPS) is 13.3. The molecule has 22 heavy (non-hydrogen) atoms. The van der Waals surface area contributed by atoms with Crippen LogP contribution in [0, 0.1) is 0 Å². The van der Waals surface area contributed by atoms with Crippen molar-refractivity contribution < 1.29 is 14.7 Å². The summed E-state index contributed by atoms with van der Waals surface area (Å²) in [5, 5.41) is 13.4. The van der Waals surface area contributed by atoms with E-state index in [1.807, 2.05) is 30.3 Å². The standard InChI is InChI=1S/C15H17N3O3S/c16-12(6-10-4-2-1-3-5-10)14(19)18-13(15(20)21)7-11-8-22-9-17-11/h1-5,8-9,12-13H,6-7,16H2,(H,18,19)(H,20,21)/t12-,13?/m0/s1. The third-order valence-corrected chi connectivity index (χ3v) is 3.78. The molecule has 0 spiro atoms. The van der Waals surface area contributed by atoms with Crippen molar-refractivity contribution in [2.45, 2.75) is 24.9 Å². The van der Waals surface area contributed by atoms with Crippen molar-refractivity contribution in [2.75, 3.05) is 0 Å². The van der Waals surface area contributed by atoms with E-state index in [-0.39, 0.29) is 6.42 Å². The maximum absolute atomic E-state index is 12.1. The number of benzene rings is 1. The molecule has 2 aromatic rings. The molecule has 0 saturated carbocycles. The summed E-state index contributed by atoms with van der Waals surface area (Å²) in [4.78, 5) is 27.4. The molecule has 1 heterocycles. The van der Waals surface area contributed by atoms with Crippen molar-refractivity contribution >= 4 is 23.2 Å². The maximum atomic E-state index is 12.1. The number of nitrogens with two attached hydrogens (primary N) is 1. The van der Waals surface area contributed by atoms with Crippen LogP contribution in [0.5, 0.6) is 0 Å². The Balaban J connectivity index is 1.94. The molecule has 1 aromatic carbocycles. The van der Waals surface area contributed by atoms with Gasteiger partial charge in [0, 0.05) is 11.8 Å². The summed E-state index contributed by atoms with van der Waals surface area (Å²) >= 11 is 1.38. The molecule has 0 bridgehead atoms. The molecular weight excluding hydrogens is 302 g/mol. The second kappa shape index (κ2) is 7.67. The number of nitrogens with one attached hydrogen (secondary N) is 1. The Morgan fingerprint density at radius 1 is 1.27 bits per heavy atom. The number of carbonyl (C=O) groups is 2. The van der Waals surface area contributed by atoms with Crippen LogP contribution in [0.25, 0.3) is 0 Å². The number of carbonyl (C=O) groups excluding carboxylic acids is 1. The molecule has 0 fully saturated rings. The first-order valence-corrected chi connectivity index (χ1v) is 7.70. The zero-order valence-electron chi connectivity index (χ0n) is 11.8. The van der Waals surface area contributed by atoms with Crippen LogP contribution in [0.1, 0.15) is 11.3 Å². The van der Waals surface area contributed by atoms with E-state index in [9.17, 15) is 14.7 Å². The highest BCUT2D eigenvalue weighted by Gasteiger charge is 2.24. The summed E-state index contributed by atoms with van der Waals surface area (Å²) < 4.78 is 0. The molecule has 4 N–H and O–H groups in total. The van der Waals surface area contributed by atoms with Crippen molar-refractivity contribution in [3.8, 4) is 0 Å². The Bertz CT molecular complexity index is 616. The van der Waals surface area contributed by atoms with Crippen molar-refractivity contribution in [2.24, 2.45) is 5.73 Å².